The molecule has 112 valence electrons. The van der Waals surface area contributed by atoms with Gasteiger partial charge in [0, 0.05) is 19.5 Å². The topological polar surface area (TPSA) is 40.5 Å². The second-order valence-corrected chi connectivity index (χ2v) is 4.74. The van der Waals surface area contributed by atoms with Crippen LogP contribution in [-0.2, 0) is 0 Å². The minimum absolute atomic E-state index is 0.328. The van der Waals surface area contributed by atoms with E-state index in [1.807, 2.05) is 0 Å². The Labute approximate surface area is 120 Å². The van der Waals surface area contributed by atoms with Crippen LogP contribution in [0.2, 0.25) is 0 Å². The summed E-state index contributed by atoms with van der Waals surface area (Å²) in [6.07, 6.45) is 2.25. The molecule has 0 saturated carbocycles. The summed E-state index contributed by atoms with van der Waals surface area (Å²) >= 11 is 5.51. The highest BCUT2D eigenvalue weighted by molar-refractivity contribution is 6.17. The zero-order valence-electron chi connectivity index (χ0n) is 10.9. The first-order valence-corrected chi connectivity index (χ1v) is 6.61. The maximum Gasteiger partial charge on any atom is 0.256 e. The number of nitrogens with zero attached hydrogens (tertiary/aromatic N) is 1. The molecule has 0 heterocycles. The van der Waals surface area contributed by atoms with Crippen LogP contribution in [0.1, 0.15) is 29.6 Å². The average molecular weight is 310 g/mol. The maximum atomic E-state index is 13.6. The first kappa shape index (κ1) is 16.6. The van der Waals surface area contributed by atoms with Gasteiger partial charge in [-0.1, -0.05) is 6.42 Å². The molecule has 0 aliphatic rings. The lowest BCUT2D eigenvalue weighted by molar-refractivity contribution is 0.0786. The number of unbranched alkanes of at least 4 members (excludes halogenated alkanes) is 2. The van der Waals surface area contributed by atoms with Crippen molar-refractivity contribution in [2.75, 3.05) is 19.5 Å². The molecule has 0 radical (unpaired) electrons. The number of halogens is 4. The van der Waals surface area contributed by atoms with Gasteiger partial charge in [-0.05, 0) is 18.9 Å². The predicted molar refractivity (Wildman–Crippen MR) is 69.5 cm³/mol. The van der Waals surface area contributed by atoms with E-state index in [0.29, 0.717) is 24.9 Å². The van der Waals surface area contributed by atoms with Crippen LogP contribution in [-0.4, -0.2) is 35.4 Å². The van der Waals surface area contributed by atoms with E-state index >= 15 is 0 Å². The fourth-order valence-electron chi connectivity index (χ4n) is 1.67. The van der Waals surface area contributed by atoms with E-state index in [0.717, 1.165) is 12.8 Å². The Bertz CT molecular complexity index is 497. The molecule has 7 heteroatoms. The van der Waals surface area contributed by atoms with Crippen molar-refractivity contribution < 1.29 is 23.1 Å². The Morgan fingerprint density at radius 1 is 1.25 bits per heavy atom. The molecule has 1 rings (SSSR count). The van der Waals surface area contributed by atoms with Crippen LogP contribution in [0.5, 0.6) is 5.75 Å². The molecule has 0 aliphatic carbocycles. The van der Waals surface area contributed by atoms with Crippen LogP contribution < -0.4 is 0 Å². The molecule has 1 aromatic carbocycles. The lowest BCUT2D eigenvalue weighted by Crippen LogP contribution is -2.28. The van der Waals surface area contributed by atoms with Crippen molar-refractivity contribution in [2.45, 2.75) is 19.3 Å². The van der Waals surface area contributed by atoms with E-state index in [-0.39, 0.29) is 0 Å². The number of aromatic hydroxyl groups is 1. The first-order chi connectivity index (χ1) is 9.40. The zero-order chi connectivity index (χ0) is 15.3. The van der Waals surface area contributed by atoms with Crippen LogP contribution in [0.4, 0.5) is 13.2 Å². The summed E-state index contributed by atoms with van der Waals surface area (Å²) in [4.78, 5) is 13.1. The number of phenolic OH excluding ortho intramolecular Hbond substituents is 1. The van der Waals surface area contributed by atoms with Gasteiger partial charge >= 0.3 is 0 Å². The highest BCUT2D eigenvalue weighted by atomic mass is 35.5. The third-order valence-corrected chi connectivity index (χ3v) is 3.10. The van der Waals surface area contributed by atoms with Crippen molar-refractivity contribution in [1.29, 1.82) is 0 Å². The number of amides is 1. The van der Waals surface area contributed by atoms with Crippen LogP contribution >= 0.6 is 11.6 Å². The molecule has 0 aliphatic heterocycles. The Kier molecular flexibility index (Phi) is 6.13. The predicted octanol–water partition coefficient (Wildman–Crippen LogP) is 3.29. The summed E-state index contributed by atoms with van der Waals surface area (Å²) in [5.41, 5.74) is -0.693. The van der Waals surface area contributed by atoms with E-state index in [1.54, 1.807) is 0 Å². The van der Waals surface area contributed by atoms with Crippen molar-refractivity contribution in [3.63, 3.8) is 0 Å². The van der Waals surface area contributed by atoms with Crippen LogP contribution in [0, 0.1) is 17.5 Å². The van der Waals surface area contributed by atoms with E-state index in [9.17, 15) is 18.0 Å². The summed E-state index contributed by atoms with van der Waals surface area (Å²) < 4.78 is 39.6. The summed E-state index contributed by atoms with van der Waals surface area (Å²) in [7, 11) is 1.42. The normalized spacial score (nSPS) is 10.7. The van der Waals surface area contributed by atoms with Gasteiger partial charge in [-0.15, -0.1) is 11.6 Å². The first-order valence-electron chi connectivity index (χ1n) is 6.08. The molecule has 1 N–H and O–H groups in total. The largest absolute Gasteiger partial charge is 0.503 e. The molecular formula is C13H15ClF3NO2. The van der Waals surface area contributed by atoms with Gasteiger partial charge < -0.3 is 10.0 Å². The van der Waals surface area contributed by atoms with Crippen molar-refractivity contribution >= 4 is 17.5 Å². The zero-order valence-corrected chi connectivity index (χ0v) is 11.7. The highest BCUT2D eigenvalue weighted by Crippen LogP contribution is 2.26. The molecule has 0 spiro atoms. The molecule has 1 amide bonds. The molecule has 0 bridgehead atoms. The van der Waals surface area contributed by atoms with Gasteiger partial charge in [-0.25, -0.2) is 8.78 Å². The molecule has 20 heavy (non-hydrogen) atoms. The second-order valence-electron chi connectivity index (χ2n) is 4.36. The number of rotatable bonds is 6. The summed E-state index contributed by atoms with van der Waals surface area (Å²) in [6, 6.07) is 0.446. The monoisotopic (exact) mass is 309 g/mol. The van der Waals surface area contributed by atoms with Gasteiger partial charge in [0.05, 0.1) is 5.56 Å². The molecule has 0 unspecified atom stereocenters. The van der Waals surface area contributed by atoms with Gasteiger partial charge in [0.15, 0.2) is 17.4 Å². The third-order valence-electron chi connectivity index (χ3n) is 2.84. The Morgan fingerprint density at radius 3 is 2.50 bits per heavy atom. The van der Waals surface area contributed by atoms with Crippen LogP contribution in [0.25, 0.3) is 0 Å². The summed E-state index contributed by atoms with van der Waals surface area (Å²) in [5.74, 6) is -6.41. The van der Waals surface area contributed by atoms with Gasteiger partial charge in [0.25, 0.3) is 5.91 Å². The fourth-order valence-corrected chi connectivity index (χ4v) is 1.86. The minimum atomic E-state index is -1.70. The smallest absolute Gasteiger partial charge is 0.256 e. The third kappa shape index (κ3) is 3.79. The van der Waals surface area contributed by atoms with Gasteiger partial charge in [-0.2, -0.15) is 4.39 Å². The number of hydrogen-bond donors (Lipinski definition) is 1. The van der Waals surface area contributed by atoms with E-state index in [4.69, 9.17) is 16.7 Å². The molecular weight excluding hydrogens is 295 g/mol. The van der Waals surface area contributed by atoms with E-state index in [2.05, 4.69) is 0 Å². The highest BCUT2D eigenvalue weighted by Gasteiger charge is 2.24. The lowest BCUT2D eigenvalue weighted by atomic mass is 10.1. The maximum absolute atomic E-state index is 13.6. The average Bonchev–Trinajstić information content (AvgIpc) is 2.44. The van der Waals surface area contributed by atoms with Crippen LogP contribution in [0.3, 0.4) is 0 Å². The summed E-state index contributed by atoms with van der Waals surface area (Å²) in [5, 5.41) is 9.07. The summed E-state index contributed by atoms with van der Waals surface area (Å²) in [6.45, 7) is 0.328. The van der Waals surface area contributed by atoms with Crippen molar-refractivity contribution in [2.24, 2.45) is 0 Å². The number of phenols is 1. The number of hydrogen-bond acceptors (Lipinski definition) is 2. The molecule has 0 aromatic heterocycles. The van der Waals surface area contributed by atoms with E-state index in [1.165, 1.54) is 11.9 Å². The fraction of sp³-hybridized carbons (Fsp3) is 0.462. The molecule has 1 aromatic rings. The van der Waals surface area contributed by atoms with Crippen LogP contribution in [0.15, 0.2) is 6.07 Å². The second kappa shape index (κ2) is 7.38. The van der Waals surface area contributed by atoms with Crippen molar-refractivity contribution in [3.8, 4) is 5.75 Å². The molecule has 0 atom stereocenters. The molecule has 3 nitrogen and oxygen atoms in total. The number of alkyl halides is 1. The van der Waals surface area contributed by atoms with Gasteiger partial charge in [0.1, 0.15) is 0 Å². The Morgan fingerprint density at radius 2 is 1.90 bits per heavy atom. The SMILES string of the molecule is CN(CCCCCCl)C(=O)c1cc(F)c(F)c(O)c1F. The van der Waals surface area contributed by atoms with Crippen molar-refractivity contribution in [3.05, 3.63) is 29.1 Å². The van der Waals surface area contributed by atoms with Gasteiger partial charge in [0.2, 0.25) is 5.82 Å². The van der Waals surface area contributed by atoms with Gasteiger partial charge in [-0.3, -0.25) is 4.79 Å². The Hall–Kier alpha value is -1.43. The number of benzene rings is 1. The number of carbonyl (C=O) groups is 1. The lowest BCUT2D eigenvalue weighted by Gasteiger charge is -2.17. The minimum Gasteiger partial charge on any atom is -0.503 e. The van der Waals surface area contributed by atoms with Crippen molar-refractivity contribution in [1.82, 2.24) is 4.90 Å². The number of carbonyl (C=O) groups excluding carboxylic acids is 1. The molecule has 0 fully saturated rings. The van der Waals surface area contributed by atoms with E-state index < -0.39 is 34.7 Å². The quantitative estimate of drug-likeness (QED) is 0.497. The Balaban J connectivity index is 2.82. The standard InChI is InChI=1S/C13H15ClF3NO2/c1-18(6-4-2-3-5-14)13(20)8-7-9(15)11(17)12(19)10(8)16/h7,19H,2-6H2,1H3. The molecule has 0 saturated heterocycles.